The fourth-order valence-corrected chi connectivity index (χ4v) is 4.18. The number of H-pyrrole nitrogens is 1. The van der Waals surface area contributed by atoms with Crippen molar-refractivity contribution in [1.82, 2.24) is 29.5 Å². The number of aromatic amines is 1. The molecule has 0 unspecified atom stereocenters. The van der Waals surface area contributed by atoms with Gasteiger partial charge in [-0.05, 0) is 30.2 Å². The lowest BCUT2D eigenvalue weighted by atomic mass is 10.1. The van der Waals surface area contributed by atoms with E-state index in [-0.39, 0.29) is 11.4 Å². The molecule has 1 aliphatic heterocycles. The van der Waals surface area contributed by atoms with E-state index in [1.165, 1.54) is 4.40 Å². The number of alkyl halides is 2. The van der Waals surface area contributed by atoms with E-state index >= 15 is 0 Å². The Morgan fingerprint density at radius 1 is 1.12 bits per heavy atom. The third-order valence-corrected chi connectivity index (χ3v) is 5.97. The van der Waals surface area contributed by atoms with Gasteiger partial charge in [0.05, 0.1) is 11.0 Å². The van der Waals surface area contributed by atoms with E-state index in [2.05, 4.69) is 30.0 Å². The topological polar surface area (TPSA) is 82.4 Å². The fraction of sp³-hybridized carbons (Fsp3) is 0.364. The second kappa shape index (κ2) is 8.27. The zero-order chi connectivity index (χ0) is 22.2. The second-order valence-corrected chi connectivity index (χ2v) is 7.99. The molecule has 32 heavy (non-hydrogen) atoms. The number of aryl methyl sites for hydroxylation is 1. The van der Waals surface area contributed by atoms with E-state index in [9.17, 15) is 13.6 Å². The molecule has 166 valence electrons. The maximum Gasteiger partial charge on any atom is 0.297 e. The van der Waals surface area contributed by atoms with E-state index in [1.807, 2.05) is 31.3 Å². The summed E-state index contributed by atoms with van der Waals surface area (Å²) in [7, 11) is 0. The molecule has 0 aromatic carbocycles. The molecule has 1 fully saturated rings. The molecule has 0 saturated carbocycles. The largest absolute Gasteiger partial charge is 0.369 e. The van der Waals surface area contributed by atoms with Gasteiger partial charge in [-0.25, -0.2) is 8.78 Å². The third-order valence-electron chi connectivity index (χ3n) is 5.97. The number of halogens is 2. The highest BCUT2D eigenvalue weighted by Gasteiger charge is 2.20. The van der Waals surface area contributed by atoms with Crippen LogP contribution >= 0.6 is 0 Å². The number of hydrogen-bond acceptors (Lipinski definition) is 6. The monoisotopic (exact) mass is 439 g/mol. The molecule has 0 atom stereocenters. The number of rotatable bonds is 5. The average Bonchev–Trinajstić information content (AvgIpc) is 3.23. The Kier molecular flexibility index (Phi) is 5.30. The summed E-state index contributed by atoms with van der Waals surface area (Å²) in [5.41, 5.74) is 4.66. The van der Waals surface area contributed by atoms with Gasteiger partial charge in [0.2, 0.25) is 5.82 Å². The van der Waals surface area contributed by atoms with Crippen molar-refractivity contribution in [2.75, 3.05) is 31.1 Å². The van der Waals surface area contributed by atoms with Crippen molar-refractivity contribution in [2.24, 2.45) is 0 Å². The van der Waals surface area contributed by atoms with Crippen LogP contribution in [0.15, 0.2) is 41.5 Å². The van der Waals surface area contributed by atoms with Crippen LogP contribution in [0.5, 0.6) is 0 Å². The maximum absolute atomic E-state index is 13.0. The first-order valence-electron chi connectivity index (χ1n) is 10.6. The third kappa shape index (κ3) is 3.81. The van der Waals surface area contributed by atoms with Crippen LogP contribution in [0.2, 0.25) is 0 Å². The normalized spacial score (nSPS) is 15.3. The summed E-state index contributed by atoms with van der Waals surface area (Å²) < 4.78 is 27.3. The Bertz CT molecular complexity index is 1330. The first-order chi connectivity index (χ1) is 15.5. The Morgan fingerprint density at radius 3 is 2.69 bits per heavy atom. The van der Waals surface area contributed by atoms with Crippen LogP contribution in [0, 0.1) is 0 Å². The molecule has 1 N–H and O–H groups in total. The summed E-state index contributed by atoms with van der Waals surface area (Å²) in [6.07, 6.45) is 1.49. The van der Waals surface area contributed by atoms with E-state index in [0.29, 0.717) is 12.1 Å². The fourth-order valence-electron chi connectivity index (χ4n) is 4.18. The molecule has 0 spiro atoms. The highest BCUT2D eigenvalue weighted by Crippen LogP contribution is 2.23. The molecule has 10 heteroatoms. The molecule has 8 nitrogen and oxygen atoms in total. The number of fused-ring (bicyclic) bond motifs is 2. The lowest BCUT2D eigenvalue weighted by molar-refractivity contribution is 0.139. The SMILES string of the molecule is CCc1cc2ncc(CN3CCN(c4ccn5c(C(F)F)nnc5c4)CC3)cc2[nH]c1=O. The lowest BCUT2D eigenvalue weighted by Gasteiger charge is -2.36. The summed E-state index contributed by atoms with van der Waals surface area (Å²) >= 11 is 0. The zero-order valence-corrected chi connectivity index (χ0v) is 17.6. The number of nitrogens with one attached hydrogen (secondary N) is 1. The Hall–Kier alpha value is -3.40. The van der Waals surface area contributed by atoms with Crippen molar-refractivity contribution in [3.05, 3.63) is 64.0 Å². The molecule has 0 aliphatic carbocycles. The number of anilines is 1. The van der Waals surface area contributed by atoms with Gasteiger partial charge in [-0.1, -0.05) is 6.92 Å². The average molecular weight is 439 g/mol. The van der Waals surface area contributed by atoms with Crippen LogP contribution in [0.1, 0.15) is 30.3 Å². The molecule has 0 bridgehead atoms. The highest BCUT2D eigenvalue weighted by atomic mass is 19.3. The standard InChI is InChI=1S/C22H23F2N7O/c1-2-15-10-17-18(26-22(15)32)9-14(12-25-17)13-29-5-7-30(8-6-29)16-3-4-31-19(11-16)27-28-21(31)20(23)24/h3-4,9-12,20H,2,5-8,13H2,1H3,(H,26,32). The summed E-state index contributed by atoms with van der Waals surface area (Å²) in [6, 6.07) is 7.47. The molecule has 5 heterocycles. The first kappa shape index (κ1) is 20.5. The summed E-state index contributed by atoms with van der Waals surface area (Å²) in [5, 5.41) is 7.46. The van der Waals surface area contributed by atoms with Gasteiger partial charge < -0.3 is 9.88 Å². The molecule has 0 amide bonds. The van der Waals surface area contributed by atoms with Crippen molar-refractivity contribution in [2.45, 2.75) is 26.3 Å². The van der Waals surface area contributed by atoms with Gasteiger partial charge in [0.1, 0.15) is 0 Å². The quantitative estimate of drug-likeness (QED) is 0.515. The van der Waals surface area contributed by atoms with Gasteiger partial charge in [-0.3, -0.25) is 19.1 Å². The first-order valence-corrected chi connectivity index (χ1v) is 10.6. The Labute approximate surface area is 182 Å². The minimum absolute atomic E-state index is 0.0575. The molecular formula is C22H23F2N7O. The van der Waals surface area contributed by atoms with Crippen LogP contribution in [-0.4, -0.2) is 55.6 Å². The van der Waals surface area contributed by atoms with E-state index in [1.54, 1.807) is 12.3 Å². The summed E-state index contributed by atoms with van der Waals surface area (Å²) in [4.78, 5) is 24.1. The van der Waals surface area contributed by atoms with Crippen LogP contribution in [-0.2, 0) is 13.0 Å². The molecule has 4 aromatic heterocycles. The number of piperazine rings is 1. The zero-order valence-electron chi connectivity index (χ0n) is 17.6. The molecule has 1 aliphatic rings. The molecule has 4 aromatic rings. The Balaban J connectivity index is 1.26. The smallest absolute Gasteiger partial charge is 0.297 e. The predicted octanol–water partition coefficient (Wildman–Crippen LogP) is 2.79. The number of nitrogens with zero attached hydrogens (tertiary/aromatic N) is 6. The summed E-state index contributed by atoms with van der Waals surface area (Å²) in [6.45, 7) is 6.02. The van der Waals surface area contributed by atoms with Crippen LogP contribution in [0.25, 0.3) is 16.7 Å². The van der Waals surface area contributed by atoms with Gasteiger partial charge in [-0.15, -0.1) is 10.2 Å². The van der Waals surface area contributed by atoms with Crippen LogP contribution < -0.4 is 10.5 Å². The predicted molar refractivity (Wildman–Crippen MR) is 117 cm³/mol. The minimum atomic E-state index is -2.66. The summed E-state index contributed by atoms with van der Waals surface area (Å²) in [5.74, 6) is -0.340. The molecule has 1 saturated heterocycles. The lowest BCUT2D eigenvalue weighted by Crippen LogP contribution is -2.46. The molecule has 0 radical (unpaired) electrons. The van der Waals surface area contributed by atoms with Crippen LogP contribution in [0.3, 0.4) is 0 Å². The van der Waals surface area contributed by atoms with Crippen LogP contribution in [0.4, 0.5) is 14.5 Å². The highest BCUT2D eigenvalue weighted by molar-refractivity contribution is 5.74. The van der Waals surface area contributed by atoms with Gasteiger partial charge in [0.15, 0.2) is 5.65 Å². The number of aromatic nitrogens is 5. The molecule has 5 rings (SSSR count). The van der Waals surface area contributed by atoms with Crippen molar-refractivity contribution < 1.29 is 8.78 Å². The van der Waals surface area contributed by atoms with Gasteiger partial charge >= 0.3 is 0 Å². The number of hydrogen-bond donors (Lipinski definition) is 1. The van der Waals surface area contributed by atoms with Crippen molar-refractivity contribution >= 4 is 22.4 Å². The van der Waals surface area contributed by atoms with E-state index in [4.69, 9.17) is 0 Å². The maximum atomic E-state index is 13.0. The Morgan fingerprint density at radius 2 is 1.94 bits per heavy atom. The van der Waals surface area contributed by atoms with E-state index in [0.717, 1.165) is 60.6 Å². The van der Waals surface area contributed by atoms with E-state index < -0.39 is 6.43 Å². The van der Waals surface area contributed by atoms with Gasteiger partial charge in [0.25, 0.3) is 12.0 Å². The van der Waals surface area contributed by atoms with Crippen molar-refractivity contribution in [3.63, 3.8) is 0 Å². The van der Waals surface area contributed by atoms with Crippen molar-refractivity contribution in [1.29, 1.82) is 0 Å². The number of pyridine rings is 3. The van der Waals surface area contributed by atoms with Gasteiger partial charge in [-0.2, -0.15) is 0 Å². The molecular weight excluding hydrogens is 416 g/mol. The van der Waals surface area contributed by atoms with Gasteiger partial charge in [0, 0.05) is 62.4 Å². The minimum Gasteiger partial charge on any atom is -0.369 e. The second-order valence-electron chi connectivity index (χ2n) is 7.99. The van der Waals surface area contributed by atoms with Crippen molar-refractivity contribution in [3.8, 4) is 0 Å².